The zero-order valence-electron chi connectivity index (χ0n) is 16.8. The molecule has 0 atom stereocenters. The van der Waals surface area contributed by atoms with Gasteiger partial charge in [-0.15, -0.1) is 0 Å². The summed E-state index contributed by atoms with van der Waals surface area (Å²) in [6.45, 7) is 5.24. The van der Waals surface area contributed by atoms with E-state index in [0.717, 1.165) is 12.8 Å². The Morgan fingerprint density at radius 3 is 2.45 bits per heavy atom. The summed E-state index contributed by atoms with van der Waals surface area (Å²) in [5, 5.41) is 3.15. The lowest BCUT2D eigenvalue weighted by Crippen LogP contribution is -2.55. The highest BCUT2D eigenvalue weighted by atomic mass is 35.5. The molecule has 1 aromatic heterocycles. The van der Waals surface area contributed by atoms with Crippen molar-refractivity contribution in [3.05, 3.63) is 17.3 Å². The molecule has 2 saturated heterocycles. The van der Waals surface area contributed by atoms with Gasteiger partial charge in [-0.05, 0) is 24.8 Å². The number of carbonyl (C=O) groups excluding carboxylic acids is 1. The second-order valence-electron chi connectivity index (χ2n) is 7.52. The largest absolute Gasteiger partial charge is 0.480 e. The molecule has 3 heterocycles. The Kier molecular flexibility index (Phi) is 7.33. The number of hydrogen-bond acceptors (Lipinski definition) is 6. The van der Waals surface area contributed by atoms with Crippen LogP contribution in [0.3, 0.4) is 0 Å². The molecule has 3 rings (SSSR count). The van der Waals surface area contributed by atoms with Gasteiger partial charge in [0.15, 0.2) is 0 Å². The average molecular weight is 446 g/mol. The van der Waals surface area contributed by atoms with Crippen LogP contribution in [0, 0.1) is 5.92 Å². The minimum Gasteiger partial charge on any atom is -0.480 e. The molecule has 1 aromatic rings. The van der Waals surface area contributed by atoms with Crippen molar-refractivity contribution in [1.82, 2.24) is 18.5 Å². The second kappa shape index (κ2) is 9.57. The number of pyridine rings is 1. The zero-order chi connectivity index (χ0) is 21.0. The summed E-state index contributed by atoms with van der Waals surface area (Å²) in [7, 11) is -1.96. The number of ether oxygens (including phenoxy) is 1. The molecule has 2 aliphatic rings. The topological polar surface area (TPSA) is 95.1 Å². The monoisotopic (exact) mass is 445 g/mol. The predicted octanol–water partition coefficient (Wildman–Crippen LogP) is 1.28. The molecule has 9 nitrogen and oxygen atoms in total. The van der Waals surface area contributed by atoms with Crippen LogP contribution in [-0.2, 0) is 15.0 Å². The third-order valence-corrected chi connectivity index (χ3v) is 7.62. The standard InChI is InChI=1S/C18H28ClN5O4S/c1-14-3-5-23(6-4-14)29(26,27)24-9-7-22(8-10-24)13-17(25)21-16-11-15(19)12-20-18(16)28-2/h11-12,14H,3-10,13H2,1-2H3,(H,21,25). The molecule has 2 aliphatic heterocycles. The fourth-order valence-corrected chi connectivity index (χ4v) is 5.35. The Labute approximate surface area is 177 Å². The third-order valence-electron chi connectivity index (χ3n) is 5.38. The molecule has 1 amide bonds. The third kappa shape index (κ3) is 5.58. The van der Waals surface area contributed by atoms with Crippen LogP contribution in [0.15, 0.2) is 12.3 Å². The van der Waals surface area contributed by atoms with E-state index < -0.39 is 10.2 Å². The lowest BCUT2D eigenvalue weighted by atomic mass is 10.0. The molecule has 0 aliphatic carbocycles. The van der Waals surface area contributed by atoms with Gasteiger partial charge in [-0.1, -0.05) is 18.5 Å². The smallest absolute Gasteiger partial charge is 0.282 e. The maximum atomic E-state index is 12.8. The number of methoxy groups -OCH3 is 1. The Hall–Kier alpha value is -1.46. The van der Waals surface area contributed by atoms with Gasteiger partial charge in [0.2, 0.25) is 11.8 Å². The number of piperidine rings is 1. The number of nitrogens with one attached hydrogen (secondary N) is 1. The number of piperazine rings is 1. The van der Waals surface area contributed by atoms with Gasteiger partial charge in [0, 0.05) is 45.5 Å². The van der Waals surface area contributed by atoms with Crippen LogP contribution in [0.25, 0.3) is 0 Å². The number of rotatable bonds is 6. The molecule has 11 heteroatoms. The summed E-state index contributed by atoms with van der Waals surface area (Å²) in [5.74, 6) is 0.633. The Morgan fingerprint density at radius 2 is 1.83 bits per heavy atom. The Balaban J connectivity index is 1.51. The normalized spacial score (nSPS) is 20.5. The summed E-state index contributed by atoms with van der Waals surface area (Å²) in [5.41, 5.74) is 0.408. The van der Waals surface area contributed by atoms with Crippen molar-refractivity contribution in [1.29, 1.82) is 0 Å². The molecule has 162 valence electrons. The molecule has 2 fully saturated rings. The van der Waals surface area contributed by atoms with E-state index in [9.17, 15) is 13.2 Å². The van der Waals surface area contributed by atoms with Crippen molar-refractivity contribution in [2.24, 2.45) is 5.92 Å². The number of halogens is 1. The van der Waals surface area contributed by atoms with Crippen molar-refractivity contribution in [3.63, 3.8) is 0 Å². The quantitative estimate of drug-likeness (QED) is 0.708. The summed E-state index contributed by atoms with van der Waals surface area (Å²) in [6, 6.07) is 1.58. The number of carbonyl (C=O) groups is 1. The van der Waals surface area contributed by atoms with Gasteiger partial charge in [0.05, 0.1) is 18.7 Å². The van der Waals surface area contributed by atoms with Crippen LogP contribution in [0.2, 0.25) is 5.02 Å². The molecular weight excluding hydrogens is 418 g/mol. The first-order valence-corrected chi connectivity index (χ1v) is 11.5. The van der Waals surface area contributed by atoms with Crippen molar-refractivity contribution in [2.75, 3.05) is 58.2 Å². The van der Waals surface area contributed by atoms with E-state index in [-0.39, 0.29) is 18.3 Å². The first kappa shape index (κ1) is 22.2. The summed E-state index contributed by atoms with van der Waals surface area (Å²) in [6.07, 6.45) is 3.25. The number of anilines is 1. The summed E-state index contributed by atoms with van der Waals surface area (Å²) < 4.78 is 33.9. The molecule has 0 radical (unpaired) electrons. The molecule has 0 saturated carbocycles. The Morgan fingerprint density at radius 1 is 1.21 bits per heavy atom. The van der Waals surface area contributed by atoms with Gasteiger partial charge in [-0.3, -0.25) is 9.69 Å². The lowest BCUT2D eigenvalue weighted by molar-refractivity contribution is -0.117. The highest BCUT2D eigenvalue weighted by Crippen LogP contribution is 2.25. The van der Waals surface area contributed by atoms with Crippen molar-refractivity contribution < 1.29 is 17.9 Å². The van der Waals surface area contributed by atoms with E-state index >= 15 is 0 Å². The van der Waals surface area contributed by atoms with Gasteiger partial charge in [-0.25, -0.2) is 4.98 Å². The van der Waals surface area contributed by atoms with E-state index in [4.69, 9.17) is 16.3 Å². The van der Waals surface area contributed by atoms with Gasteiger partial charge in [0.25, 0.3) is 10.2 Å². The SMILES string of the molecule is COc1ncc(Cl)cc1NC(=O)CN1CCN(S(=O)(=O)N2CCC(C)CC2)CC1. The van der Waals surface area contributed by atoms with Crippen molar-refractivity contribution >= 4 is 33.4 Å². The van der Waals surface area contributed by atoms with Gasteiger partial charge < -0.3 is 10.1 Å². The van der Waals surface area contributed by atoms with Gasteiger partial charge in [-0.2, -0.15) is 17.0 Å². The highest BCUT2D eigenvalue weighted by Gasteiger charge is 2.34. The number of amides is 1. The fraction of sp³-hybridized carbons (Fsp3) is 0.667. The summed E-state index contributed by atoms with van der Waals surface area (Å²) >= 11 is 5.93. The number of nitrogens with zero attached hydrogens (tertiary/aromatic N) is 4. The van der Waals surface area contributed by atoms with Crippen LogP contribution >= 0.6 is 11.6 Å². The maximum Gasteiger partial charge on any atom is 0.282 e. The average Bonchev–Trinajstić information content (AvgIpc) is 2.69. The first-order chi connectivity index (χ1) is 13.8. The van der Waals surface area contributed by atoms with E-state index in [1.54, 1.807) is 10.4 Å². The van der Waals surface area contributed by atoms with Gasteiger partial charge in [0.1, 0.15) is 5.69 Å². The van der Waals surface area contributed by atoms with Crippen LogP contribution in [0.1, 0.15) is 19.8 Å². The number of aromatic nitrogens is 1. The lowest BCUT2D eigenvalue weighted by Gasteiger charge is -2.38. The van der Waals surface area contributed by atoms with Gasteiger partial charge >= 0.3 is 0 Å². The molecular formula is C18H28ClN5O4S. The Bertz CT molecular complexity index is 822. The summed E-state index contributed by atoms with van der Waals surface area (Å²) in [4.78, 5) is 18.4. The molecule has 0 bridgehead atoms. The minimum atomic E-state index is -3.42. The second-order valence-corrected chi connectivity index (χ2v) is 9.89. The van der Waals surface area contributed by atoms with E-state index in [1.807, 2.05) is 4.90 Å². The minimum absolute atomic E-state index is 0.158. The maximum absolute atomic E-state index is 12.8. The first-order valence-electron chi connectivity index (χ1n) is 9.76. The van der Waals surface area contributed by atoms with E-state index in [2.05, 4.69) is 17.2 Å². The fourth-order valence-electron chi connectivity index (χ4n) is 3.57. The van der Waals surface area contributed by atoms with E-state index in [0.29, 0.717) is 55.9 Å². The zero-order valence-corrected chi connectivity index (χ0v) is 18.4. The van der Waals surface area contributed by atoms with Crippen LogP contribution in [-0.4, -0.2) is 85.7 Å². The molecule has 0 aromatic carbocycles. The molecule has 0 spiro atoms. The highest BCUT2D eigenvalue weighted by molar-refractivity contribution is 7.86. The molecule has 29 heavy (non-hydrogen) atoms. The van der Waals surface area contributed by atoms with Crippen molar-refractivity contribution in [3.8, 4) is 5.88 Å². The van der Waals surface area contributed by atoms with Crippen LogP contribution < -0.4 is 10.1 Å². The molecule has 1 N–H and O–H groups in total. The predicted molar refractivity (Wildman–Crippen MR) is 111 cm³/mol. The van der Waals surface area contributed by atoms with Crippen LogP contribution in [0.5, 0.6) is 5.88 Å². The van der Waals surface area contributed by atoms with Crippen LogP contribution in [0.4, 0.5) is 5.69 Å². The van der Waals surface area contributed by atoms with E-state index in [1.165, 1.54) is 17.6 Å². The molecule has 0 unspecified atom stereocenters. The van der Waals surface area contributed by atoms with Crippen molar-refractivity contribution in [2.45, 2.75) is 19.8 Å². The number of hydrogen-bond donors (Lipinski definition) is 1.